The fourth-order valence-corrected chi connectivity index (χ4v) is 4.06. The molecule has 2 amide bonds. The number of hydrogen-bond donors (Lipinski definition) is 2. The van der Waals surface area contributed by atoms with Gasteiger partial charge in [0.15, 0.2) is 0 Å². The van der Waals surface area contributed by atoms with Crippen molar-refractivity contribution in [2.24, 2.45) is 0 Å². The first-order valence-corrected chi connectivity index (χ1v) is 11.0. The second kappa shape index (κ2) is 10.8. The van der Waals surface area contributed by atoms with Gasteiger partial charge in [-0.25, -0.2) is 4.79 Å². The Morgan fingerprint density at radius 2 is 1.63 bits per heavy atom. The highest BCUT2D eigenvalue weighted by Gasteiger charge is 2.28. The van der Waals surface area contributed by atoms with Gasteiger partial charge in [-0.15, -0.1) is 0 Å². The molecule has 0 aromatic heterocycles. The predicted molar refractivity (Wildman–Crippen MR) is 119 cm³/mol. The van der Waals surface area contributed by atoms with E-state index in [9.17, 15) is 9.59 Å². The zero-order chi connectivity index (χ0) is 21.3. The average Bonchev–Trinajstić information content (AvgIpc) is 3.06. The maximum atomic E-state index is 12.1. The van der Waals surface area contributed by atoms with E-state index in [1.807, 2.05) is 38.1 Å². The molecule has 2 N–H and O–H groups in total. The van der Waals surface area contributed by atoms with Gasteiger partial charge in [0, 0.05) is 24.9 Å². The molecule has 30 heavy (non-hydrogen) atoms. The van der Waals surface area contributed by atoms with Crippen LogP contribution in [0.5, 0.6) is 0 Å². The van der Waals surface area contributed by atoms with Crippen LogP contribution in [0, 0.1) is 0 Å². The molecule has 5 nitrogen and oxygen atoms in total. The van der Waals surface area contributed by atoms with Crippen LogP contribution in [0.3, 0.4) is 0 Å². The van der Waals surface area contributed by atoms with Gasteiger partial charge in [-0.3, -0.25) is 4.79 Å². The van der Waals surface area contributed by atoms with Crippen molar-refractivity contribution < 1.29 is 14.3 Å². The Morgan fingerprint density at radius 3 is 2.27 bits per heavy atom. The maximum absolute atomic E-state index is 12.1. The molecule has 0 radical (unpaired) electrons. The summed E-state index contributed by atoms with van der Waals surface area (Å²) in [6, 6.07) is 16.8. The Labute approximate surface area is 179 Å². The van der Waals surface area contributed by atoms with Crippen LogP contribution >= 0.6 is 0 Å². The van der Waals surface area contributed by atoms with Crippen molar-refractivity contribution in [1.29, 1.82) is 0 Å². The Hall–Kier alpha value is -2.82. The lowest BCUT2D eigenvalue weighted by Crippen LogP contribution is -2.32. The van der Waals surface area contributed by atoms with Gasteiger partial charge in [0.05, 0.1) is 0 Å². The molecule has 1 atom stereocenters. The number of unbranched alkanes of at least 4 members (excludes halogenated alkanes) is 1. The fourth-order valence-electron chi connectivity index (χ4n) is 4.06. The summed E-state index contributed by atoms with van der Waals surface area (Å²) in [5.41, 5.74) is 4.88. The Kier molecular flexibility index (Phi) is 7.89. The predicted octanol–water partition coefficient (Wildman–Crippen LogP) is 5.00. The third-order valence-corrected chi connectivity index (χ3v) is 5.56. The molecule has 0 saturated carbocycles. The third-order valence-electron chi connectivity index (χ3n) is 5.56. The standard InChI is InChI=1S/C25H32N2O3/c1-3-10-24(28)27-18(2)11-8-9-16-26-25(29)30-17-23-21-14-6-4-12-19(21)20-13-5-7-15-22(20)23/h4-7,12-15,18,23H,3,8-11,16-17H2,1-2H3,(H,26,29)(H,27,28). The molecule has 0 spiro atoms. The molecule has 1 aliphatic rings. The summed E-state index contributed by atoms with van der Waals surface area (Å²) < 4.78 is 5.54. The van der Waals surface area contributed by atoms with Crippen LogP contribution < -0.4 is 10.6 Å². The molecule has 0 fully saturated rings. The molecule has 0 bridgehead atoms. The van der Waals surface area contributed by atoms with Crippen molar-refractivity contribution in [3.8, 4) is 11.1 Å². The van der Waals surface area contributed by atoms with Gasteiger partial charge in [0.1, 0.15) is 6.61 Å². The van der Waals surface area contributed by atoms with E-state index in [2.05, 4.69) is 34.9 Å². The Balaban J connectivity index is 1.38. The molecule has 0 saturated heterocycles. The van der Waals surface area contributed by atoms with E-state index in [4.69, 9.17) is 4.74 Å². The minimum absolute atomic E-state index is 0.0794. The molecule has 2 aromatic carbocycles. The van der Waals surface area contributed by atoms with Crippen molar-refractivity contribution in [3.05, 3.63) is 59.7 Å². The van der Waals surface area contributed by atoms with Crippen LogP contribution in [0.4, 0.5) is 4.79 Å². The van der Waals surface area contributed by atoms with Gasteiger partial charge in [-0.05, 0) is 54.9 Å². The topological polar surface area (TPSA) is 67.4 Å². The molecule has 0 heterocycles. The molecule has 1 aliphatic carbocycles. The molecule has 0 aliphatic heterocycles. The number of nitrogens with one attached hydrogen (secondary N) is 2. The summed E-state index contributed by atoms with van der Waals surface area (Å²) in [4.78, 5) is 23.7. The zero-order valence-corrected chi connectivity index (χ0v) is 17.9. The van der Waals surface area contributed by atoms with E-state index < -0.39 is 0 Å². The number of benzene rings is 2. The van der Waals surface area contributed by atoms with E-state index in [0.29, 0.717) is 19.6 Å². The first-order chi connectivity index (χ1) is 14.6. The monoisotopic (exact) mass is 408 g/mol. The first-order valence-electron chi connectivity index (χ1n) is 11.0. The van der Waals surface area contributed by atoms with Crippen LogP contribution in [0.2, 0.25) is 0 Å². The molecular weight excluding hydrogens is 376 g/mol. The first kappa shape index (κ1) is 21.9. The van der Waals surface area contributed by atoms with E-state index in [1.54, 1.807) is 0 Å². The Bertz CT molecular complexity index is 819. The molecule has 5 heteroatoms. The molecule has 2 aromatic rings. The summed E-state index contributed by atoms with van der Waals surface area (Å²) >= 11 is 0. The van der Waals surface area contributed by atoms with E-state index >= 15 is 0 Å². The van der Waals surface area contributed by atoms with Gasteiger partial charge in [-0.1, -0.05) is 55.5 Å². The quantitative estimate of drug-likeness (QED) is 0.544. The lowest BCUT2D eigenvalue weighted by Gasteiger charge is -2.15. The lowest BCUT2D eigenvalue weighted by molar-refractivity contribution is -0.121. The number of carbonyl (C=O) groups is 2. The number of hydrogen-bond acceptors (Lipinski definition) is 3. The number of rotatable bonds is 10. The number of fused-ring (bicyclic) bond motifs is 3. The van der Waals surface area contributed by atoms with Gasteiger partial charge >= 0.3 is 6.09 Å². The second-order valence-electron chi connectivity index (χ2n) is 7.97. The summed E-state index contributed by atoms with van der Waals surface area (Å²) in [6.45, 7) is 4.93. The van der Waals surface area contributed by atoms with Crippen molar-refractivity contribution in [2.75, 3.05) is 13.2 Å². The molecule has 1 unspecified atom stereocenters. The van der Waals surface area contributed by atoms with Gasteiger partial charge in [-0.2, -0.15) is 0 Å². The van der Waals surface area contributed by atoms with E-state index in [1.165, 1.54) is 22.3 Å². The van der Waals surface area contributed by atoms with Gasteiger partial charge in [0.2, 0.25) is 5.91 Å². The second-order valence-corrected chi connectivity index (χ2v) is 7.97. The summed E-state index contributed by atoms with van der Waals surface area (Å²) in [7, 11) is 0. The van der Waals surface area contributed by atoms with E-state index in [-0.39, 0.29) is 24.0 Å². The highest BCUT2D eigenvalue weighted by Crippen LogP contribution is 2.44. The number of carbonyl (C=O) groups excluding carboxylic acids is 2. The molecular formula is C25H32N2O3. The van der Waals surface area contributed by atoms with Crippen LogP contribution in [-0.2, 0) is 9.53 Å². The third kappa shape index (κ3) is 5.62. The number of alkyl carbamates (subject to hydrolysis) is 1. The summed E-state index contributed by atoms with van der Waals surface area (Å²) in [6.07, 6.45) is 3.77. The van der Waals surface area contributed by atoms with Crippen molar-refractivity contribution in [3.63, 3.8) is 0 Å². The van der Waals surface area contributed by atoms with Gasteiger partial charge < -0.3 is 15.4 Å². The van der Waals surface area contributed by atoms with Crippen molar-refractivity contribution >= 4 is 12.0 Å². The molecule has 3 rings (SSSR count). The SMILES string of the molecule is CCCC(=O)NC(C)CCCCNC(=O)OCC1c2ccccc2-c2ccccc21. The average molecular weight is 409 g/mol. The lowest BCUT2D eigenvalue weighted by atomic mass is 9.98. The smallest absolute Gasteiger partial charge is 0.407 e. The normalized spacial score (nSPS) is 13.3. The van der Waals surface area contributed by atoms with Crippen LogP contribution in [0.15, 0.2) is 48.5 Å². The Morgan fingerprint density at radius 1 is 1.00 bits per heavy atom. The highest BCUT2D eigenvalue weighted by molar-refractivity contribution is 5.79. The maximum Gasteiger partial charge on any atom is 0.407 e. The highest BCUT2D eigenvalue weighted by atomic mass is 16.5. The summed E-state index contributed by atoms with van der Waals surface area (Å²) in [5, 5.41) is 5.84. The fraction of sp³-hybridized carbons (Fsp3) is 0.440. The largest absolute Gasteiger partial charge is 0.449 e. The van der Waals surface area contributed by atoms with Crippen LogP contribution in [0.1, 0.15) is 63.0 Å². The number of amides is 2. The van der Waals surface area contributed by atoms with Crippen molar-refractivity contribution in [1.82, 2.24) is 10.6 Å². The van der Waals surface area contributed by atoms with Gasteiger partial charge in [0.25, 0.3) is 0 Å². The van der Waals surface area contributed by atoms with E-state index in [0.717, 1.165) is 25.7 Å². The van der Waals surface area contributed by atoms with Crippen molar-refractivity contribution in [2.45, 2.75) is 57.9 Å². The summed E-state index contributed by atoms with van der Waals surface area (Å²) in [5.74, 6) is 0.192. The van der Waals surface area contributed by atoms with Crippen LogP contribution in [-0.4, -0.2) is 31.2 Å². The van der Waals surface area contributed by atoms with Crippen LogP contribution in [0.25, 0.3) is 11.1 Å². The zero-order valence-electron chi connectivity index (χ0n) is 17.9. The molecule has 160 valence electrons. The minimum Gasteiger partial charge on any atom is -0.449 e. The minimum atomic E-state index is -0.374. The number of ether oxygens (including phenoxy) is 1.